The van der Waals surface area contributed by atoms with Crippen LogP contribution in [0.15, 0.2) is 23.7 Å². The number of nitrogens with zero attached hydrogens (tertiary/aromatic N) is 2. The molecule has 0 radical (unpaired) electrons. The summed E-state index contributed by atoms with van der Waals surface area (Å²) in [7, 11) is 2.03. The monoisotopic (exact) mass is 204 g/mol. The van der Waals surface area contributed by atoms with Crippen LogP contribution in [0.3, 0.4) is 0 Å². The number of allylic oxidation sites excluding steroid dienone is 2. The van der Waals surface area contributed by atoms with E-state index in [1.54, 1.807) is 11.1 Å². The summed E-state index contributed by atoms with van der Waals surface area (Å²) in [6.45, 7) is 4.55. The summed E-state index contributed by atoms with van der Waals surface area (Å²) >= 11 is 0. The summed E-state index contributed by atoms with van der Waals surface area (Å²) < 4.78 is 2.03. The first-order chi connectivity index (χ1) is 7.15. The number of imidazole rings is 1. The highest BCUT2D eigenvalue weighted by atomic mass is 15.0. The van der Waals surface area contributed by atoms with Crippen LogP contribution >= 0.6 is 0 Å². The smallest absolute Gasteiger partial charge is 0.0946 e. The molecule has 2 rings (SSSR count). The molecule has 1 aliphatic carbocycles. The Morgan fingerprint density at radius 3 is 2.80 bits per heavy atom. The number of rotatable bonds is 2. The molecule has 0 saturated heterocycles. The largest absolute Gasteiger partial charge is 0.340 e. The number of hydrogen-bond acceptors (Lipinski definition) is 1. The van der Waals surface area contributed by atoms with Crippen molar-refractivity contribution in [2.45, 2.75) is 39.5 Å². The third-order valence-corrected chi connectivity index (χ3v) is 3.51. The lowest BCUT2D eigenvalue weighted by molar-refractivity contribution is 0.448. The van der Waals surface area contributed by atoms with Crippen molar-refractivity contribution < 1.29 is 0 Å². The fourth-order valence-electron chi connectivity index (χ4n) is 2.39. The molecule has 0 aromatic carbocycles. The number of hydrogen-bond donors (Lipinski definition) is 0. The van der Waals surface area contributed by atoms with Crippen LogP contribution in [0.5, 0.6) is 0 Å². The van der Waals surface area contributed by atoms with Crippen molar-refractivity contribution in [1.82, 2.24) is 9.55 Å². The SMILES string of the molecule is CC1=C(C)CC(Cc2cn(C)cn2)CC1. The van der Waals surface area contributed by atoms with Crippen molar-refractivity contribution in [3.63, 3.8) is 0 Å². The van der Waals surface area contributed by atoms with E-state index >= 15 is 0 Å². The first-order valence-electron chi connectivity index (χ1n) is 5.77. The zero-order valence-corrected chi connectivity index (χ0v) is 9.95. The van der Waals surface area contributed by atoms with Gasteiger partial charge in [-0.05, 0) is 45.4 Å². The molecule has 1 aromatic heterocycles. The predicted octanol–water partition coefficient (Wildman–Crippen LogP) is 3.10. The van der Waals surface area contributed by atoms with Gasteiger partial charge in [0.1, 0.15) is 0 Å². The lowest BCUT2D eigenvalue weighted by atomic mass is 9.83. The van der Waals surface area contributed by atoms with E-state index in [1.807, 2.05) is 17.9 Å². The standard InChI is InChI=1S/C13H20N2/c1-10-4-5-12(6-11(10)2)7-13-8-15(3)9-14-13/h8-9,12H,4-7H2,1-3H3. The molecule has 0 amide bonds. The normalized spacial score (nSPS) is 22.2. The van der Waals surface area contributed by atoms with Crippen LogP contribution in [-0.4, -0.2) is 9.55 Å². The lowest BCUT2D eigenvalue weighted by Gasteiger charge is -2.23. The van der Waals surface area contributed by atoms with Gasteiger partial charge in [0.25, 0.3) is 0 Å². The molecule has 15 heavy (non-hydrogen) atoms. The van der Waals surface area contributed by atoms with Crippen LogP contribution < -0.4 is 0 Å². The molecular weight excluding hydrogens is 184 g/mol. The van der Waals surface area contributed by atoms with E-state index in [4.69, 9.17) is 0 Å². The Hall–Kier alpha value is -1.05. The maximum atomic E-state index is 4.40. The van der Waals surface area contributed by atoms with Crippen molar-refractivity contribution >= 4 is 0 Å². The van der Waals surface area contributed by atoms with E-state index in [2.05, 4.69) is 25.0 Å². The van der Waals surface area contributed by atoms with E-state index < -0.39 is 0 Å². The average molecular weight is 204 g/mol. The number of aromatic nitrogens is 2. The molecule has 1 aliphatic rings. The minimum atomic E-state index is 0.809. The lowest BCUT2D eigenvalue weighted by Crippen LogP contribution is -2.11. The third-order valence-electron chi connectivity index (χ3n) is 3.51. The molecule has 0 saturated carbocycles. The minimum absolute atomic E-state index is 0.809. The van der Waals surface area contributed by atoms with Crippen molar-refractivity contribution in [3.8, 4) is 0 Å². The van der Waals surface area contributed by atoms with Gasteiger partial charge in [0.2, 0.25) is 0 Å². The van der Waals surface area contributed by atoms with E-state index in [0.717, 1.165) is 12.3 Å². The Morgan fingerprint density at radius 1 is 1.40 bits per heavy atom. The zero-order chi connectivity index (χ0) is 10.8. The first-order valence-corrected chi connectivity index (χ1v) is 5.77. The first kappa shape index (κ1) is 10.5. The molecule has 82 valence electrons. The van der Waals surface area contributed by atoms with Gasteiger partial charge in [-0.25, -0.2) is 4.98 Å². The number of aryl methyl sites for hydroxylation is 1. The van der Waals surface area contributed by atoms with Gasteiger partial charge in [0, 0.05) is 13.2 Å². The Labute approximate surface area is 92.0 Å². The second-order valence-electron chi connectivity index (χ2n) is 4.90. The Balaban J connectivity index is 1.97. The van der Waals surface area contributed by atoms with Crippen LogP contribution in [0.2, 0.25) is 0 Å². The zero-order valence-electron chi connectivity index (χ0n) is 9.95. The van der Waals surface area contributed by atoms with Gasteiger partial charge in [-0.15, -0.1) is 0 Å². The Bertz CT molecular complexity index is 374. The van der Waals surface area contributed by atoms with Crippen LogP contribution in [0.25, 0.3) is 0 Å². The Morgan fingerprint density at radius 2 is 2.20 bits per heavy atom. The van der Waals surface area contributed by atoms with Crippen LogP contribution in [0, 0.1) is 5.92 Å². The van der Waals surface area contributed by atoms with Crippen LogP contribution in [-0.2, 0) is 13.5 Å². The van der Waals surface area contributed by atoms with Gasteiger partial charge in [-0.1, -0.05) is 11.1 Å². The van der Waals surface area contributed by atoms with Gasteiger partial charge in [0.05, 0.1) is 12.0 Å². The quantitative estimate of drug-likeness (QED) is 0.677. The summed E-state index contributed by atoms with van der Waals surface area (Å²) in [5.41, 5.74) is 4.45. The van der Waals surface area contributed by atoms with Crippen molar-refractivity contribution in [2.24, 2.45) is 13.0 Å². The average Bonchev–Trinajstić information content (AvgIpc) is 2.58. The fraction of sp³-hybridized carbons (Fsp3) is 0.615. The second kappa shape index (κ2) is 4.21. The Kier molecular flexibility index (Phi) is 2.94. The molecule has 1 atom stereocenters. The molecule has 0 aliphatic heterocycles. The van der Waals surface area contributed by atoms with Gasteiger partial charge < -0.3 is 4.57 Å². The maximum absolute atomic E-state index is 4.40. The summed E-state index contributed by atoms with van der Waals surface area (Å²) in [5.74, 6) is 0.809. The van der Waals surface area contributed by atoms with E-state index in [0.29, 0.717) is 0 Å². The molecular formula is C13H20N2. The van der Waals surface area contributed by atoms with Gasteiger partial charge in [0.15, 0.2) is 0 Å². The minimum Gasteiger partial charge on any atom is -0.340 e. The summed E-state index contributed by atoms with van der Waals surface area (Å²) in [4.78, 5) is 4.40. The molecule has 0 fully saturated rings. The molecule has 1 heterocycles. The summed E-state index contributed by atoms with van der Waals surface area (Å²) in [5, 5.41) is 0. The molecule has 0 N–H and O–H groups in total. The fourth-order valence-corrected chi connectivity index (χ4v) is 2.39. The van der Waals surface area contributed by atoms with Gasteiger partial charge in [-0.2, -0.15) is 0 Å². The van der Waals surface area contributed by atoms with Crippen LogP contribution in [0.4, 0.5) is 0 Å². The van der Waals surface area contributed by atoms with Gasteiger partial charge in [-0.3, -0.25) is 0 Å². The molecule has 2 heteroatoms. The van der Waals surface area contributed by atoms with Gasteiger partial charge >= 0.3 is 0 Å². The summed E-state index contributed by atoms with van der Waals surface area (Å²) in [6, 6.07) is 0. The topological polar surface area (TPSA) is 17.8 Å². The van der Waals surface area contributed by atoms with Crippen molar-refractivity contribution in [3.05, 3.63) is 29.4 Å². The molecule has 2 nitrogen and oxygen atoms in total. The molecule has 1 aromatic rings. The highest BCUT2D eigenvalue weighted by Crippen LogP contribution is 2.30. The van der Waals surface area contributed by atoms with Crippen LogP contribution in [0.1, 0.15) is 38.8 Å². The molecule has 1 unspecified atom stereocenters. The molecule has 0 bridgehead atoms. The van der Waals surface area contributed by atoms with Crippen molar-refractivity contribution in [1.29, 1.82) is 0 Å². The highest BCUT2D eigenvalue weighted by Gasteiger charge is 2.17. The third kappa shape index (κ3) is 2.49. The van der Waals surface area contributed by atoms with Crippen molar-refractivity contribution in [2.75, 3.05) is 0 Å². The summed E-state index contributed by atoms with van der Waals surface area (Å²) in [6.07, 6.45) is 9.06. The second-order valence-corrected chi connectivity index (χ2v) is 4.90. The molecule has 0 spiro atoms. The van der Waals surface area contributed by atoms with E-state index in [-0.39, 0.29) is 0 Å². The van der Waals surface area contributed by atoms with E-state index in [9.17, 15) is 0 Å². The van der Waals surface area contributed by atoms with E-state index in [1.165, 1.54) is 25.0 Å². The predicted molar refractivity (Wildman–Crippen MR) is 62.6 cm³/mol. The highest BCUT2D eigenvalue weighted by molar-refractivity contribution is 5.14. The maximum Gasteiger partial charge on any atom is 0.0946 e.